The summed E-state index contributed by atoms with van der Waals surface area (Å²) in [7, 11) is 0. The standard InChI is InChI=1S/C30H34BrNO5/c1-30(2,3)37-27(33)8-5-16-32-17-15-24(19-32)36-23-12-9-20(10-13-23)28-25-14-11-22(29(34)35)18-21(25)6-4-7-26(28)31/h5,8-14,18,24H,4,6-7,15-17,19H2,1-3H3,(H,34,35)/b8-5+/t24-/m0/s1. The van der Waals surface area contributed by atoms with Crippen molar-refractivity contribution in [3.8, 4) is 5.75 Å². The van der Waals surface area contributed by atoms with E-state index in [1.54, 1.807) is 12.1 Å². The molecule has 1 aliphatic heterocycles. The van der Waals surface area contributed by atoms with Gasteiger partial charge in [-0.25, -0.2) is 9.59 Å². The van der Waals surface area contributed by atoms with Crippen molar-refractivity contribution in [3.63, 3.8) is 0 Å². The Morgan fingerprint density at radius 3 is 2.59 bits per heavy atom. The molecule has 7 heteroatoms. The molecule has 0 spiro atoms. The Morgan fingerprint density at radius 1 is 1.14 bits per heavy atom. The Morgan fingerprint density at radius 2 is 1.89 bits per heavy atom. The summed E-state index contributed by atoms with van der Waals surface area (Å²) >= 11 is 3.79. The number of carbonyl (C=O) groups excluding carboxylic acids is 1. The molecule has 196 valence electrons. The number of carboxylic acids is 1. The van der Waals surface area contributed by atoms with Crippen molar-refractivity contribution in [3.05, 3.63) is 81.4 Å². The average molecular weight is 569 g/mol. The van der Waals surface area contributed by atoms with Crippen LogP contribution in [0.4, 0.5) is 0 Å². The fraction of sp³-hybridized carbons (Fsp3) is 0.400. The molecule has 1 N–H and O–H groups in total. The maximum atomic E-state index is 11.8. The van der Waals surface area contributed by atoms with Crippen LogP contribution in [0.5, 0.6) is 5.75 Å². The van der Waals surface area contributed by atoms with E-state index in [1.807, 2.05) is 45.0 Å². The highest BCUT2D eigenvalue weighted by Crippen LogP contribution is 2.38. The zero-order chi connectivity index (χ0) is 26.6. The topological polar surface area (TPSA) is 76.1 Å². The number of rotatable bonds is 7. The highest BCUT2D eigenvalue weighted by Gasteiger charge is 2.24. The van der Waals surface area contributed by atoms with Crippen molar-refractivity contribution in [1.82, 2.24) is 4.90 Å². The number of benzene rings is 2. The summed E-state index contributed by atoms with van der Waals surface area (Å²) < 4.78 is 12.7. The van der Waals surface area contributed by atoms with Crippen LogP contribution in [0.15, 0.2) is 59.1 Å². The van der Waals surface area contributed by atoms with Gasteiger partial charge in [0.05, 0.1) is 5.56 Å². The normalized spacial score (nSPS) is 18.5. The van der Waals surface area contributed by atoms with Crippen molar-refractivity contribution in [2.75, 3.05) is 19.6 Å². The molecule has 2 aromatic rings. The highest BCUT2D eigenvalue weighted by atomic mass is 79.9. The third kappa shape index (κ3) is 7.33. The molecule has 0 radical (unpaired) electrons. The lowest BCUT2D eigenvalue weighted by atomic mass is 9.92. The SMILES string of the molecule is CC(C)(C)OC(=O)/C=C/CN1CC[C@H](Oc2ccc(C3=C(Br)CCCc4cc(C(=O)O)ccc43)cc2)C1. The number of aromatic carboxylic acids is 1. The van der Waals surface area contributed by atoms with E-state index in [0.29, 0.717) is 12.1 Å². The zero-order valence-corrected chi connectivity index (χ0v) is 23.2. The number of hydrogen-bond acceptors (Lipinski definition) is 5. The first-order valence-electron chi connectivity index (χ1n) is 12.7. The van der Waals surface area contributed by atoms with Gasteiger partial charge in [0.25, 0.3) is 0 Å². The molecule has 0 bridgehead atoms. The summed E-state index contributed by atoms with van der Waals surface area (Å²) in [5.74, 6) is -0.394. The van der Waals surface area contributed by atoms with Gasteiger partial charge >= 0.3 is 11.9 Å². The minimum absolute atomic E-state index is 0.0970. The lowest BCUT2D eigenvalue weighted by Crippen LogP contribution is -2.25. The maximum Gasteiger partial charge on any atom is 0.335 e. The Balaban J connectivity index is 1.38. The predicted molar refractivity (Wildman–Crippen MR) is 148 cm³/mol. The molecule has 1 aliphatic carbocycles. The number of allylic oxidation sites excluding steroid dienone is 1. The van der Waals surface area contributed by atoms with Gasteiger partial charge in [-0.1, -0.05) is 40.2 Å². The van der Waals surface area contributed by atoms with Crippen molar-refractivity contribution in [2.24, 2.45) is 0 Å². The summed E-state index contributed by atoms with van der Waals surface area (Å²) in [5, 5.41) is 9.40. The molecule has 0 amide bonds. The largest absolute Gasteiger partial charge is 0.489 e. The summed E-state index contributed by atoms with van der Waals surface area (Å²) in [4.78, 5) is 25.6. The second-order valence-electron chi connectivity index (χ2n) is 10.6. The van der Waals surface area contributed by atoms with Gasteiger partial charge in [-0.15, -0.1) is 0 Å². The number of fused-ring (bicyclic) bond motifs is 1. The minimum atomic E-state index is -0.900. The number of carboxylic acid groups (broad SMARTS) is 1. The van der Waals surface area contributed by atoms with E-state index in [2.05, 4.69) is 33.0 Å². The monoisotopic (exact) mass is 567 g/mol. The Hall–Kier alpha value is -2.90. The molecular weight excluding hydrogens is 534 g/mol. The predicted octanol–water partition coefficient (Wildman–Crippen LogP) is 6.23. The molecule has 1 saturated heterocycles. The first kappa shape index (κ1) is 27.1. The van der Waals surface area contributed by atoms with E-state index in [4.69, 9.17) is 9.47 Å². The van der Waals surface area contributed by atoms with Gasteiger partial charge < -0.3 is 14.6 Å². The smallest absolute Gasteiger partial charge is 0.335 e. The van der Waals surface area contributed by atoms with Crippen molar-refractivity contribution >= 4 is 33.4 Å². The number of ether oxygens (including phenoxy) is 2. The fourth-order valence-electron chi connectivity index (χ4n) is 4.78. The van der Waals surface area contributed by atoms with Crippen molar-refractivity contribution in [2.45, 2.75) is 58.2 Å². The lowest BCUT2D eigenvalue weighted by molar-refractivity contribution is -0.148. The third-order valence-electron chi connectivity index (χ3n) is 6.43. The van der Waals surface area contributed by atoms with Crippen LogP contribution in [0, 0.1) is 0 Å². The second-order valence-corrected chi connectivity index (χ2v) is 11.5. The molecule has 0 unspecified atom stereocenters. The van der Waals surface area contributed by atoms with Gasteiger partial charge in [0.15, 0.2) is 0 Å². The maximum absolute atomic E-state index is 11.8. The van der Waals surface area contributed by atoms with E-state index < -0.39 is 11.6 Å². The summed E-state index contributed by atoms with van der Waals surface area (Å²) in [6.45, 7) is 7.97. The summed E-state index contributed by atoms with van der Waals surface area (Å²) in [6, 6.07) is 13.6. The molecular formula is C30H34BrNO5. The number of esters is 1. The zero-order valence-electron chi connectivity index (χ0n) is 21.6. The van der Waals surface area contributed by atoms with Gasteiger partial charge in [0, 0.05) is 30.2 Å². The van der Waals surface area contributed by atoms with Gasteiger partial charge in [-0.05, 0) is 93.0 Å². The van der Waals surface area contributed by atoms with Crippen LogP contribution >= 0.6 is 15.9 Å². The summed E-state index contributed by atoms with van der Waals surface area (Å²) in [6.07, 6.45) is 7.09. The highest BCUT2D eigenvalue weighted by molar-refractivity contribution is 9.11. The van der Waals surface area contributed by atoms with Crippen LogP contribution in [0.2, 0.25) is 0 Å². The van der Waals surface area contributed by atoms with E-state index in [1.165, 1.54) is 6.08 Å². The Kier molecular flexibility index (Phi) is 8.55. The van der Waals surface area contributed by atoms with E-state index in [0.717, 1.165) is 71.3 Å². The molecule has 0 aromatic heterocycles. The van der Waals surface area contributed by atoms with Crippen LogP contribution in [0.1, 0.15) is 67.1 Å². The molecule has 0 saturated carbocycles. The summed E-state index contributed by atoms with van der Waals surface area (Å²) in [5.41, 5.74) is 4.17. The van der Waals surface area contributed by atoms with E-state index in [9.17, 15) is 14.7 Å². The Bertz CT molecular complexity index is 1210. The van der Waals surface area contributed by atoms with Gasteiger partial charge in [-0.2, -0.15) is 0 Å². The van der Waals surface area contributed by atoms with Crippen LogP contribution in [-0.4, -0.2) is 53.3 Å². The number of hydrogen-bond donors (Lipinski definition) is 1. The van der Waals surface area contributed by atoms with Crippen molar-refractivity contribution < 1.29 is 24.2 Å². The number of carbonyl (C=O) groups is 2. The van der Waals surface area contributed by atoms with Gasteiger partial charge in [0.2, 0.25) is 0 Å². The first-order chi connectivity index (χ1) is 17.6. The van der Waals surface area contributed by atoms with Crippen LogP contribution in [0.3, 0.4) is 0 Å². The molecule has 4 rings (SSSR count). The minimum Gasteiger partial charge on any atom is -0.489 e. The second kappa shape index (κ2) is 11.7. The average Bonchev–Trinajstić information content (AvgIpc) is 3.19. The van der Waals surface area contributed by atoms with Gasteiger partial charge in [0.1, 0.15) is 17.5 Å². The number of nitrogens with zero attached hydrogens (tertiary/aromatic N) is 1. The van der Waals surface area contributed by atoms with E-state index >= 15 is 0 Å². The number of halogens is 1. The lowest BCUT2D eigenvalue weighted by Gasteiger charge is -2.18. The molecule has 1 atom stereocenters. The van der Waals surface area contributed by atoms with Crippen LogP contribution < -0.4 is 4.74 Å². The molecule has 1 fully saturated rings. The molecule has 2 aliphatic rings. The van der Waals surface area contributed by atoms with Crippen LogP contribution in [-0.2, 0) is 16.0 Å². The molecule has 6 nitrogen and oxygen atoms in total. The number of aryl methyl sites for hydroxylation is 1. The fourth-order valence-corrected chi connectivity index (χ4v) is 5.50. The molecule has 37 heavy (non-hydrogen) atoms. The molecule has 2 aromatic carbocycles. The van der Waals surface area contributed by atoms with Crippen molar-refractivity contribution in [1.29, 1.82) is 0 Å². The molecule has 1 heterocycles. The number of likely N-dealkylation sites (tertiary alicyclic amines) is 1. The van der Waals surface area contributed by atoms with Gasteiger partial charge in [-0.3, -0.25) is 4.90 Å². The Labute approximate surface area is 227 Å². The van der Waals surface area contributed by atoms with Crippen LogP contribution in [0.25, 0.3) is 5.57 Å². The third-order valence-corrected chi connectivity index (χ3v) is 7.23. The first-order valence-corrected chi connectivity index (χ1v) is 13.5. The van der Waals surface area contributed by atoms with E-state index in [-0.39, 0.29) is 12.1 Å². The quantitative estimate of drug-likeness (QED) is 0.316.